The van der Waals surface area contributed by atoms with Gasteiger partial charge in [-0.25, -0.2) is 9.97 Å². The third kappa shape index (κ3) is 0.851. The molecule has 0 saturated heterocycles. The van der Waals surface area contributed by atoms with Crippen LogP contribution in [0.2, 0.25) is 0 Å². The van der Waals surface area contributed by atoms with E-state index in [4.69, 9.17) is 0 Å². The lowest BCUT2D eigenvalue weighted by atomic mass is 10.4. The van der Waals surface area contributed by atoms with Crippen molar-refractivity contribution in [1.29, 1.82) is 0 Å². The highest BCUT2D eigenvalue weighted by molar-refractivity contribution is 5.83. The smallest absolute Gasteiger partial charge is 0.203 e. The van der Waals surface area contributed by atoms with E-state index in [-0.39, 0.29) is 0 Å². The largest absolute Gasteiger partial charge is 0.251 e. The van der Waals surface area contributed by atoms with Crippen LogP contribution in [0, 0.1) is 0 Å². The van der Waals surface area contributed by atoms with Gasteiger partial charge in [-0.05, 0) is 6.07 Å². The summed E-state index contributed by atoms with van der Waals surface area (Å²) in [7, 11) is 0. The minimum atomic E-state index is 0.563. The molecule has 0 fully saturated rings. The van der Waals surface area contributed by atoms with Crippen LogP contribution in [0.3, 0.4) is 0 Å². The van der Waals surface area contributed by atoms with Gasteiger partial charge in [0.2, 0.25) is 5.65 Å². The first-order valence-corrected chi connectivity index (χ1v) is 3.72. The Kier molecular flexibility index (Phi) is 1.08. The normalized spacial score (nSPS) is 11.1. The number of hydrogen-bond acceptors (Lipinski definition) is 5. The van der Waals surface area contributed by atoms with Crippen LogP contribution in [0.25, 0.3) is 22.3 Å². The molecule has 0 aliphatic carbocycles. The Bertz CT molecular complexity index is 521. The summed E-state index contributed by atoms with van der Waals surface area (Å²) in [6.07, 6.45) is 3.22. The van der Waals surface area contributed by atoms with Crippen molar-refractivity contribution in [2.24, 2.45) is 0 Å². The van der Waals surface area contributed by atoms with E-state index in [0.29, 0.717) is 16.8 Å². The van der Waals surface area contributed by atoms with E-state index in [1.165, 1.54) is 0 Å². The maximum absolute atomic E-state index is 4.16. The Labute approximate surface area is 72.0 Å². The summed E-state index contributed by atoms with van der Waals surface area (Å²) in [4.78, 5) is 12.3. The van der Waals surface area contributed by atoms with E-state index in [2.05, 4.69) is 30.4 Å². The van der Waals surface area contributed by atoms with Crippen molar-refractivity contribution in [3.63, 3.8) is 0 Å². The Morgan fingerprint density at radius 3 is 2.85 bits per heavy atom. The number of nitrogens with one attached hydrogen (secondary N) is 1. The van der Waals surface area contributed by atoms with Crippen molar-refractivity contribution in [3.8, 4) is 0 Å². The van der Waals surface area contributed by atoms with Crippen LogP contribution >= 0.6 is 0 Å². The van der Waals surface area contributed by atoms with Gasteiger partial charge in [0.25, 0.3) is 0 Å². The zero-order chi connectivity index (χ0) is 8.67. The van der Waals surface area contributed by atoms with Crippen molar-refractivity contribution < 1.29 is 0 Å². The van der Waals surface area contributed by atoms with Gasteiger partial charge in [-0.15, -0.1) is 5.10 Å². The number of H-pyrrole nitrogens is 1. The SMILES string of the molecule is c1cnc2nc3n[nH]nc3cc2n1. The van der Waals surface area contributed by atoms with E-state index >= 15 is 0 Å². The van der Waals surface area contributed by atoms with Gasteiger partial charge in [-0.3, -0.25) is 4.98 Å². The Morgan fingerprint density at radius 2 is 1.85 bits per heavy atom. The fourth-order valence-electron chi connectivity index (χ4n) is 1.17. The van der Waals surface area contributed by atoms with Crippen molar-refractivity contribution in [2.75, 3.05) is 0 Å². The number of nitrogens with zero attached hydrogens (tertiary/aromatic N) is 5. The summed E-state index contributed by atoms with van der Waals surface area (Å²) in [5.74, 6) is 0. The molecule has 0 spiro atoms. The number of aromatic nitrogens is 6. The highest BCUT2D eigenvalue weighted by Crippen LogP contribution is 2.10. The molecule has 0 aromatic carbocycles. The van der Waals surface area contributed by atoms with Crippen LogP contribution in [0.15, 0.2) is 18.5 Å². The number of hydrogen-bond donors (Lipinski definition) is 1. The van der Waals surface area contributed by atoms with Crippen molar-refractivity contribution >= 4 is 22.3 Å². The zero-order valence-corrected chi connectivity index (χ0v) is 6.47. The molecule has 0 radical (unpaired) electrons. The molecule has 3 aromatic heterocycles. The van der Waals surface area contributed by atoms with Crippen LogP contribution in [0.5, 0.6) is 0 Å². The Morgan fingerprint density at radius 1 is 0.923 bits per heavy atom. The summed E-state index contributed by atoms with van der Waals surface area (Å²) in [6, 6.07) is 1.80. The molecule has 62 valence electrons. The summed E-state index contributed by atoms with van der Waals surface area (Å²) in [5, 5.41) is 10.3. The molecule has 3 aromatic rings. The number of fused-ring (bicyclic) bond motifs is 2. The van der Waals surface area contributed by atoms with E-state index < -0.39 is 0 Å². The summed E-state index contributed by atoms with van der Waals surface area (Å²) < 4.78 is 0. The van der Waals surface area contributed by atoms with Crippen molar-refractivity contribution in [2.45, 2.75) is 0 Å². The van der Waals surface area contributed by atoms with Crippen molar-refractivity contribution in [1.82, 2.24) is 30.4 Å². The van der Waals surface area contributed by atoms with Crippen molar-refractivity contribution in [3.05, 3.63) is 18.5 Å². The third-order valence-electron chi connectivity index (χ3n) is 1.75. The Hall–Kier alpha value is -2.11. The van der Waals surface area contributed by atoms with E-state index in [1.54, 1.807) is 18.5 Å². The van der Waals surface area contributed by atoms with Crippen LogP contribution in [0.4, 0.5) is 0 Å². The molecular formula is C7H4N6. The fourth-order valence-corrected chi connectivity index (χ4v) is 1.17. The van der Waals surface area contributed by atoms with Gasteiger partial charge in [0.05, 0.1) is 0 Å². The molecule has 1 N–H and O–H groups in total. The average Bonchev–Trinajstić information content (AvgIpc) is 2.61. The average molecular weight is 172 g/mol. The van der Waals surface area contributed by atoms with Gasteiger partial charge in [-0.2, -0.15) is 10.3 Å². The van der Waals surface area contributed by atoms with Gasteiger partial charge in [0, 0.05) is 12.4 Å². The van der Waals surface area contributed by atoms with Gasteiger partial charge in [-0.1, -0.05) is 0 Å². The predicted octanol–water partition coefficient (Wildman–Crippen LogP) is 0.296. The van der Waals surface area contributed by atoms with Crippen LogP contribution < -0.4 is 0 Å². The summed E-state index contributed by atoms with van der Waals surface area (Å²) >= 11 is 0. The first kappa shape index (κ1) is 6.41. The lowest BCUT2D eigenvalue weighted by molar-refractivity contribution is 0.955. The van der Waals surface area contributed by atoms with Crippen LogP contribution in [0.1, 0.15) is 0 Å². The van der Waals surface area contributed by atoms with Crippen LogP contribution in [-0.4, -0.2) is 30.4 Å². The lowest BCUT2D eigenvalue weighted by Crippen LogP contribution is -1.86. The second-order valence-corrected chi connectivity index (χ2v) is 2.55. The number of pyridine rings is 1. The fraction of sp³-hybridized carbons (Fsp3) is 0. The van der Waals surface area contributed by atoms with Gasteiger partial charge >= 0.3 is 0 Å². The summed E-state index contributed by atoms with van der Waals surface area (Å²) in [5.41, 5.74) is 2.58. The van der Waals surface area contributed by atoms with Crippen LogP contribution in [-0.2, 0) is 0 Å². The molecule has 6 heteroatoms. The quantitative estimate of drug-likeness (QED) is 0.527. The highest BCUT2D eigenvalue weighted by atomic mass is 15.3. The number of rotatable bonds is 0. The molecule has 3 rings (SSSR count). The molecule has 0 unspecified atom stereocenters. The molecule has 0 aliphatic heterocycles. The Balaban J connectivity index is 2.57. The molecule has 13 heavy (non-hydrogen) atoms. The molecule has 3 heterocycles. The molecule has 6 nitrogen and oxygen atoms in total. The maximum atomic E-state index is 4.16. The molecule has 0 saturated carbocycles. The topological polar surface area (TPSA) is 80.2 Å². The maximum Gasteiger partial charge on any atom is 0.203 e. The number of aromatic amines is 1. The predicted molar refractivity (Wildman–Crippen MR) is 44.8 cm³/mol. The monoisotopic (exact) mass is 172 g/mol. The molecule has 0 amide bonds. The molecular weight excluding hydrogens is 168 g/mol. The van der Waals surface area contributed by atoms with Gasteiger partial charge in [0.15, 0.2) is 5.65 Å². The van der Waals surface area contributed by atoms with E-state index in [1.807, 2.05) is 0 Å². The lowest BCUT2D eigenvalue weighted by Gasteiger charge is -1.91. The van der Waals surface area contributed by atoms with E-state index in [0.717, 1.165) is 5.52 Å². The molecule has 0 bridgehead atoms. The van der Waals surface area contributed by atoms with Gasteiger partial charge < -0.3 is 0 Å². The molecule has 0 aliphatic rings. The van der Waals surface area contributed by atoms with Gasteiger partial charge in [0.1, 0.15) is 11.0 Å². The highest BCUT2D eigenvalue weighted by Gasteiger charge is 2.02. The first-order valence-electron chi connectivity index (χ1n) is 3.72. The standard InChI is InChI=1S/C7H4N6/c1-2-9-6-4(8-1)3-5-7(10-6)12-13-11-5/h1-3H,(H,9,10,11,12,13). The van der Waals surface area contributed by atoms with E-state index in [9.17, 15) is 0 Å². The summed E-state index contributed by atoms with van der Waals surface area (Å²) in [6.45, 7) is 0. The zero-order valence-electron chi connectivity index (χ0n) is 6.47. The third-order valence-corrected chi connectivity index (χ3v) is 1.75. The minimum Gasteiger partial charge on any atom is -0.251 e. The molecule has 0 atom stereocenters. The first-order chi connectivity index (χ1) is 6.43. The second-order valence-electron chi connectivity index (χ2n) is 2.55. The second kappa shape index (κ2) is 2.19. The minimum absolute atomic E-state index is 0.563.